The number of nitriles is 2. The summed E-state index contributed by atoms with van der Waals surface area (Å²) in [6, 6.07) is 6.92. The van der Waals surface area contributed by atoms with Crippen molar-refractivity contribution in [2.24, 2.45) is 0 Å². The molecule has 1 aromatic heterocycles. The minimum atomic E-state index is -0.495. The van der Waals surface area contributed by atoms with Crippen molar-refractivity contribution in [3.63, 3.8) is 0 Å². The number of amides is 1. The van der Waals surface area contributed by atoms with Gasteiger partial charge in [-0.25, -0.2) is 5.06 Å². The van der Waals surface area contributed by atoms with Gasteiger partial charge in [0, 0.05) is 6.54 Å². The van der Waals surface area contributed by atoms with Crippen LogP contribution in [0.4, 0.5) is 0 Å². The van der Waals surface area contributed by atoms with E-state index in [9.17, 15) is 4.79 Å². The van der Waals surface area contributed by atoms with Crippen LogP contribution >= 0.6 is 0 Å². The Bertz CT molecular complexity index is 584. The van der Waals surface area contributed by atoms with Crippen molar-refractivity contribution in [2.75, 3.05) is 13.1 Å². The second-order valence-corrected chi connectivity index (χ2v) is 5.33. The first-order chi connectivity index (χ1) is 10.4. The molecule has 0 unspecified atom stereocenters. The molecule has 0 bridgehead atoms. The number of hydrogen-bond donors (Lipinski definition) is 1. The largest absolute Gasteiger partial charge is 0.463 e. The van der Waals surface area contributed by atoms with Crippen LogP contribution in [0.2, 0.25) is 0 Å². The smallest absolute Gasteiger partial charge is 0.233 e. The Kier molecular flexibility index (Phi) is 6.18. The molecule has 1 rings (SSSR count). The summed E-state index contributed by atoms with van der Waals surface area (Å²) in [7, 11) is 0. The molecule has 1 aromatic rings. The molecule has 0 atom stereocenters. The molecular formula is C15H18N4O3. The number of nitrogens with zero attached hydrogens (tertiary/aromatic N) is 3. The molecule has 7 nitrogen and oxygen atoms in total. The lowest BCUT2D eigenvalue weighted by atomic mass is 10.2. The number of allylic oxidation sites excluding steroid dienone is 1. The van der Waals surface area contributed by atoms with E-state index in [1.54, 1.807) is 12.1 Å². The molecule has 0 aliphatic rings. The maximum absolute atomic E-state index is 11.0. The number of carbonyl (C=O) groups is 1. The molecule has 1 amide bonds. The van der Waals surface area contributed by atoms with E-state index in [1.807, 2.05) is 32.9 Å². The Morgan fingerprint density at radius 3 is 2.59 bits per heavy atom. The molecule has 1 heterocycles. The minimum absolute atomic E-state index is 0.0932. The second-order valence-electron chi connectivity index (χ2n) is 5.33. The van der Waals surface area contributed by atoms with E-state index in [-0.39, 0.29) is 24.4 Å². The predicted molar refractivity (Wildman–Crippen MR) is 78.5 cm³/mol. The molecule has 0 aliphatic carbocycles. The summed E-state index contributed by atoms with van der Waals surface area (Å²) in [5, 5.41) is 22.1. The van der Waals surface area contributed by atoms with Gasteiger partial charge in [0.25, 0.3) is 0 Å². The van der Waals surface area contributed by atoms with Gasteiger partial charge in [0.2, 0.25) is 6.41 Å². The fourth-order valence-corrected chi connectivity index (χ4v) is 1.62. The highest BCUT2D eigenvalue weighted by Gasteiger charge is 2.17. The van der Waals surface area contributed by atoms with E-state index in [1.165, 1.54) is 6.26 Å². The number of nitrogens with one attached hydrogen (secondary N) is 1. The maximum Gasteiger partial charge on any atom is 0.233 e. The van der Waals surface area contributed by atoms with E-state index >= 15 is 0 Å². The van der Waals surface area contributed by atoms with Gasteiger partial charge < -0.3 is 9.73 Å². The van der Waals surface area contributed by atoms with Crippen LogP contribution in [-0.2, 0) is 9.63 Å². The Balaban J connectivity index is 2.75. The van der Waals surface area contributed by atoms with Gasteiger partial charge in [0.1, 0.15) is 17.8 Å². The predicted octanol–water partition coefficient (Wildman–Crippen LogP) is 1.82. The van der Waals surface area contributed by atoms with Gasteiger partial charge in [-0.05, 0) is 32.9 Å². The van der Waals surface area contributed by atoms with Crippen LogP contribution in [0.1, 0.15) is 26.5 Å². The summed E-state index contributed by atoms with van der Waals surface area (Å²) in [5.74, 6) is 0.382. The Morgan fingerprint density at radius 1 is 1.45 bits per heavy atom. The zero-order valence-electron chi connectivity index (χ0n) is 12.8. The van der Waals surface area contributed by atoms with E-state index in [4.69, 9.17) is 19.8 Å². The molecule has 0 radical (unpaired) electrons. The molecule has 22 heavy (non-hydrogen) atoms. The SMILES string of the molecule is CC(C)(C)ON(C=O)CCNC(=C(C#N)C#N)c1ccco1. The molecule has 1 N–H and O–H groups in total. The maximum atomic E-state index is 11.0. The zero-order chi connectivity index (χ0) is 16.6. The molecule has 0 aromatic carbocycles. The number of hydroxylamine groups is 2. The number of rotatable bonds is 7. The Hall–Kier alpha value is -2.77. The first-order valence-electron chi connectivity index (χ1n) is 6.64. The average molecular weight is 302 g/mol. The van der Waals surface area contributed by atoms with Gasteiger partial charge in [-0.1, -0.05) is 0 Å². The van der Waals surface area contributed by atoms with Crippen LogP contribution in [0.3, 0.4) is 0 Å². The van der Waals surface area contributed by atoms with Crippen LogP contribution in [0.25, 0.3) is 5.70 Å². The van der Waals surface area contributed by atoms with E-state index < -0.39 is 5.60 Å². The molecule has 116 valence electrons. The van der Waals surface area contributed by atoms with E-state index in [2.05, 4.69) is 5.32 Å². The summed E-state index contributed by atoms with van der Waals surface area (Å²) in [5.41, 5.74) is -0.300. The molecule has 7 heteroatoms. The van der Waals surface area contributed by atoms with Crippen LogP contribution in [0, 0.1) is 22.7 Å². The normalized spacial score (nSPS) is 10.2. The van der Waals surface area contributed by atoms with Crippen molar-refractivity contribution in [3.8, 4) is 12.1 Å². The van der Waals surface area contributed by atoms with Crippen LogP contribution < -0.4 is 5.32 Å². The van der Waals surface area contributed by atoms with Gasteiger partial charge in [-0.3, -0.25) is 9.63 Å². The monoisotopic (exact) mass is 302 g/mol. The lowest BCUT2D eigenvalue weighted by Gasteiger charge is -2.26. The van der Waals surface area contributed by atoms with Gasteiger partial charge in [-0.15, -0.1) is 0 Å². The van der Waals surface area contributed by atoms with Gasteiger partial charge in [0.15, 0.2) is 11.3 Å². The van der Waals surface area contributed by atoms with Crippen molar-refractivity contribution in [3.05, 3.63) is 29.7 Å². The van der Waals surface area contributed by atoms with E-state index in [0.717, 1.165) is 5.06 Å². The highest BCUT2D eigenvalue weighted by atomic mass is 16.7. The standard InChI is InChI=1S/C15H18N4O3/c1-15(2,3)22-19(11-20)7-6-18-14(12(9-16)10-17)13-5-4-8-21-13/h4-5,8,11,18H,6-7H2,1-3H3. The number of furan rings is 1. The first-order valence-corrected chi connectivity index (χ1v) is 6.64. The molecule has 0 saturated carbocycles. The Labute approximate surface area is 129 Å². The Morgan fingerprint density at radius 2 is 2.14 bits per heavy atom. The van der Waals surface area contributed by atoms with Crippen molar-refractivity contribution in [1.29, 1.82) is 10.5 Å². The second kappa shape index (κ2) is 7.87. The van der Waals surface area contributed by atoms with Crippen LogP contribution in [0.15, 0.2) is 28.4 Å². The lowest BCUT2D eigenvalue weighted by Crippen LogP contribution is -2.37. The summed E-state index contributed by atoms with van der Waals surface area (Å²) in [6.07, 6.45) is 2.03. The van der Waals surface area contributed by atoms with Gasteiger partial charge in [0.05, 0.1) is 18.4 Å². The third-order valence-electron chi connectivity index (χ3n) is 2.38. The fourth-order valence-electron chi connectivity index (χ4n) is 1.62. The fraction of sp³-hybridized carbons (Fsp3) is 0.400. The topological polar surface area (TPSA) is 102 Å². The van der Waals surface area contributed by atoms with Crippen molar-refractivity contribution in [1.82, 2.24) is 10.4 Å². The van der Waals surface area contributed by atoms with Crippen LogP contribution in [-0.4, -0.2) is 30.2 Å². The minimum Gasteiger partial charge on any atom is -0.463 e. The summed E-state index contributed by atoms with van der Waals surface area (Å²) in [6.45, 7) is 6.02. The molecule has 0 fully saturated rings. The van der Waals surface area contributed by atoms with Crippen molar-refractivity contribution >= 4 is 12.1 Å². The van der Waals surface area contributed by atoms with Crippen molar-refractivity contribution < 1.29 is 14.0 Å². The van der Waals surface area contributed by atoms with Crippen LogP contribution in [0.5, 0.6) is 0 Å². The molecule has 0 spiro atoms. The summed E-state index contributed by atoms with van der Waals surface area (Å²) < 4.78 is 5.21. The quantitative estimate of drug-likeness (QED) is 0.468. The van der Waals surface area contributed by atoms with Gasteiger partial charge in [-0.2, -0.15) is 10.5 Å². The highest BCUT2D eigenvalue weighted by molar-refractivity contribution is 5.71. The first kappa shape index (κ1) is 17.3. The third-order valence-corrected chi connectivity index (χ3v) is 2.38. The summed E-state index contributed by atoms with van der Waals surface area (Å²) in [4.78, 5) is 16.4. The van der Waals surface area contributed by atoms with E-state index in [0.29, 0.717) is 12.2 Å². The van der Waals surface area contributed by atoms with Gasteiger partial charge >= 0.3 is 0 Å². The van der Waals surface area contributed by atoms with Crippen molar-refractivity contribution in [2.45, 2.75) is 26.4 Å². The average Bonchev–Trinajstić information content (AvgIpc) is 2.98. The molecular weight excluding hydrogens is 284 g/mol. The molecule has 0 aliphatic heterocycles. The number of carbonyl (C=O) groups excluding carboxylic acids is 1. The number of hydrogen-bond acceptors (Lipinski definition) is 6. The highest BCUT2D eigenvalue weighted by Crippen LogP contribution is 2.16. The zero-order valence-corrected chi connectivity index (χ0v) is 12.8. The lowest BCUT2D eigenvalue weighted by molar-refractivity contribution is -0.215. The summed E-state index contributed by atoms with van der Waals surface area (Å²) >= 11 is 0. The third kappa shape index (κ3) is 5.31. The molecule has 0 saturated heterocycles.